The summed E-state index contributed by atoms with van der Waals surface area (Å²) in [6, 6.07) is 1.22. The van der Waals surface area contributed by atoms with Crippen LogP contribution >= 0.6 is 0 Å². The molecule has 0 spiro atoms. The zero-order valence-corrected chi connectivity index (χ0v) is 11.1. The van der Waals surface area contributed by atoms with Gasteiger partial charge < -0.3 is 15.8 Å². The third-order valence-electron chi connectivity index (χ3n) is 2.47. The number of nitrogens with zero attached hydrogens (tertiary/aromatic N) is 1. The molecule has 0 aromatic carbocycles. The van der Waals surface area contributed by atoms with Gasteiger partial charge in [-0.1, -0.05) is 20.8 Å². The largest absolute Gasteiger partial charge is 0.492 e. The minimum Gasteiger partial charge on any atom is -0.492 e. The highest BCUT2D eigenvalue weighted by atomic mass is 16.5. The maximum Gasteiger partial charge on any atom is 0.241 e. The summed E-state index contributed by atoms with van der Waals surface area (Å²) in [6.07, 6.45) is 4.12. The summed E-state index contributed by atoms with van der Waals surface area (Å²) in [5, 5.41) is 2.73. The molecule has 0 radical (unpaired) electrons. The van der Waals surface area contributed by atoms with E-state index in [0.717, 1.165) is 6.42 Å². The van der Waals surface area contributed by atoms with Crippen molar-refractivity contribution in [2.45, 2.75) is 33.2 Å². The van der Waals surface area contributed by atoms with Crippen molar-refractivity contribution in [1.29, 1.82) is 0 Å². The Labute approximate surface area is 108 Å². The number of nitrogens with one attached hydrogen (secondary N) is 1. The number of pyridine rings is 1. The first kappa shape index (κ1) is 14.4. The molecule has 0 aliphatic rings. The number of carbonyl (C=O) groups is 1. The van der Waals surface area contributed by atoms with Crippen LogP contribution in [0.25, 0.3) is 0 Å². The van der Waals surface area contributed by atoms with E-state index in [-0.39, 0.29) is 11.8 Å². The normalized spacial score (nSPS) is 12.3. The van der Waals surface area contributed by atoms with Gasteiger partial charge in [0.05, 0.1) is 30.7 Å². The fourth-order valence-electron chi connectivity index (χ4n) is 1.31. The molecule has 5 nitrogen and oxygen atoms in total. The maximum atomic E-state index is 11.8. The molecule has 0 aliphatic carbocycles. The van der Waals surface area contributed by atoms with Crippen molar-refractivity contribution in [3.8, 4) is 5.75 Å². The quantitative estimate of drug-likeness (QED) is 0.808. The molecule has 18 heavy (non-hydrogen) atoms. The Balaban J connectivity index is 2.64. The SMILES string of the molecule is CCCOc1cncc(NC(=O)C(N)C(C)C)c1. The first-order valence-electron chi connectivity index (χ1n) is 6.19. The molecule has 3 N–H and O–H groups in total. The molecular weight excluding hydrogens is 230 g/mol. The number of anilines is 1. The van der Waals surface area contributed by atoms with Crippen molar-refractivity contribution in [2.24, 2.45) is 11.7 Å². The number of rotatable bonds is 6. The van der Waals surface area contributed by atoms with Crippen molar-refractivity contribution in [3.63, 3.8) is 0 Å². The van der Waals surface area contributed by atoms with Gasteiger partial charge in [-0.3, -0.25) is 9.78 Å². The Bertz CT molecular complexity index is 394. The van der Waals surface area contributed by atoms with E-state index in [9.17, 15) is 4.79 Å². The van der Waals surface area contributed by atoms with E-state index in [2.05, 4.69) is 10.3 Å². The lowest BCUT2D eigenvalue weighted by Gasteiger charge is -2.15. The van der Waals surface area contributed by atoms with E-state index >= 15 is 0 Å². The van der Waals surface area contributed by atoms with Crippen molar-refractivity contribution in [3.05, 3.63) is 18.5 Å². The van der Waals surface area contributed by atoms with Gasteiger partial charge in [-0.15, -0.1) is 0 Å². The Kier molecular flexibility index (Phi) is 5.58. The second-order valence-electron chi connectivity index (χ2n) is 4.52. The molecular formula is C13H21N3O2. The fraction of sp³-hybridized carbons (Fsp3) is 0.538. The molecule has 0 saturated heterocycles. The number of carbonyl (C=O) groups excluding carboxylic acids is 1. The van der Waals surface area contributed by atoms with E-state index in [1.807, 2.05) is 20.8 Å². The number of amides is 1. The lowest BCUT2D eigenvalue weighted by atomic mass is 10.1. The van der Waals surface area contributed by atoms with Crippen LogP contribution in [0.4, 0.5) is 5.69 Å². The molecule has 0 fully saturated rings. The molecule has 1 heterocycles. The monoisotopic (exact) mass is 251 g/mol. The molecule has 5 heteroatoms. The number of nitrogens with two attached hydrogens (primary N) is 1. The third-order valence-corrected chi connectivity index (χ3v) is 2.47. The smallest absolute Gasteiger partial charge is 0.241 e. The van der Waals surface area contributed by atoms with Gasteiger partial charge in [-0.2, -0.15) is 0 Å². The number of ether oxygens (including phenoxy) is 1. The van der Waals surface area contributed by atoms with Gasteiger partial charge in [0.25, 0.3) is 0 Å². The zero-order valence-electron chi connectivity index (χ0n) is 11.1. The van der Waals surface area contributed by atoms with Crippen molar-refractivity contribution < 1.29 is 9.53 Å². The van der Waals surface area contributed by atoms with Crippen LogP contribution < -0.4 is 15.8 Å². The van der Waals surface area contributed by atoms with Crippen LogP contribution in [0.3, 0.4) is 0 Å². The molecule has 0 aliphatic heterocycles. The van der Waals surface area contributed by atoms with Crippen molar-refractivity contribution in [1.82, 2.24) is 4.98 Å². The number of hydrogen-bond acceptors (Lipinski definition) is 4. The summed E-state index contributed by atoms with van der Waals surface area (Å²) in [7, 11) is 0. The van der Waals surface area contributed by atoms with Crippen LogP contribution in [0.15, 0.2) is 18.5 Å². The molecule has 0 saturated carbocycles. The van der Waals surface area contributed by atoms with E-state index in [0.29, 0.717) is 18.0 Å². The maximum absolute atomic E-state index is 11.8. The van der Waals surface area contributed by atoms with Crippen molar-refractivity contribution >= 4 is 11.6 Å². The fourth-order valence-corrected chi connectivity index (χ4v) is 1.31. The average Bonchev–Trinajstić information content (AvgIpc) is 2.35. The Morgan fingerprint density at radius 3 is 2.83 bits per heavy atom. The van der Waals surface area contributed by atoms with E-state index < -0.39 is 6.04 Å². The molecule has 0 bridgehead atoms. The highest BCUT2D eigenvalue weighted by Gasteiger charge is 2.17. The highest BCUT2D eigenvalue weighted by Crippen LogP contribution is 2.16. The van der Waals surface area contributed by atoms with Gasteiger partial charge in [-0.05, 0) is 12.3 Å². The minimum atomic E-state index is -0.523. The molecule has 1 rings (SSSR count). The average molecular weight is 251 g/mol. The van der Waals surface area contributed by atoms with E-state index in [4.69, 9.17) is 10.5 Å². The standard InChI is InChI=1S/C13H21N3O2/c1-4-5-18-11-6-10(7-15-8-11)16-13(17)12(14)9(2)3/h6-9,12H,4-5,14H2,1-3H3,(H,16,17). The van der Waals surface area contributed by atoms with Gasteiger partial charge in [0, 0.05) is 6.07 Å². The third kappa shape index (κ3) is 4.33. The molecule has 100 valence electrons. The Morgan fingerprint density at radius 1 is 1.50 bits per heavy atom. The molecule has 1 aromatic heterocycles. The highest BCUT2D eigenvalue weighted by molar-refractivity contribution is 5.94. The Hall–Kier alpha value is -1.62. The number of hydrogen-bond donors (Lipinski definition) is 2. The van der Waals surface area contributed by atoms with Crippen LogP contribution in [0.5, 0.6) is 5.75 Å². The van der Waals surface area contributed by atoms with Crippen LogP contribution in [0.1, 0.15) is 27.2 Å². The van der Waals surface area contributed by atoms with Gasteiger partial charge in [0.15, 0.2) is 0 Å². The molecule has 1 aromatic rings. The molecule has 1 amide bonds. The van der Waals surface area contributed by atoms with Gasteiger partial charge in [0.1, 0.15) is 5.75 Å². The Morgan fingerprint density at radius 2 is 2.22 bits per heavy atom. The van der Waals surface area contributed by atoms with E-state index in [1.165, 1.54) is 0 Å². The van der Waals surface area contributed by atoms with E-state index in [1.54, 1.807) is 18.5 Å². The lowest BCUT2D eigenvalue weighted by Crippen LogP contribution is -2.39. The number of aromatic nitrogens is 1. The summed E-state index contributed by atoms with van der Waals surface area (Å²) < 4.78 is 5.44. The summed E-state index contributed by atoms with van der Waals surface area (Å²) in [5.74, 6) is 0.532. The van der Waals surface area contributed by atoms with Gasteiger partial charge in [-0.25, -0.2) is 0 Å². The van der Waals surface area contributed by atoms with Crippen LogP contribution in [-0.4, -0.2) is 23.5 Å². The van der Waals surface area contributed by atoms with Crippen LogP contribution in [0.2, 0.25) is 0 Å². The van der Waals surface area contributed by atoms with Crippen LogP contribution in [-0.2, 0) is 4.79 Å². The molecule has 1 unspecified atom stereocenters. The second-order valence-corrected chi connectivity index (χ2v) is 4.52. The molecule has 1 atom stereocenters. The summed E-state index contributed by atoms with van der Waals surface area (Å²) in [5.41, 5.74) is 6.36. The van der Waals surface area contributed by atoms with Crippen molar-refractivity contribution in [2.75, 3.05) is 11.9 Å². The zero-order chi connectivity index (χ0) is 13.5. The minimum absolute atomic E-state index is 0.0949. The summed E-state index contributed by atoms with van der Waals surface area (Å²) in [4.78, 5) is 15.8. The first-order valence-corrected chi connectivity index (χ1v) is 6.19. The predicted molar refractivity (Wildman–Crippen MR) is 71.5 cm³/mol. The summed E-state index contributed by atoms with van der Waals surface area (Å²) >= 11 is 0. The van der Waals surface area contributed by atoms with Crippen LogP contribution in [0, 0.1) is 5.92 Å². The van der Waals surface area contributed by atoms with Gasteiger partial charge in [0.2, 0.25) is 5.91 Å². The first-order chi connectivity index (χ1) is 8.54. The predicted octanol–water partition coefficient (Wildman–Crippen LogP) is 1.79. The van der Waals surface area contributed by atoms with Gasteiger partial charge >= 0.3 is 0 Å². The second kappa shape index (κ2) is 6.96. The topological polar surface area (TPSA) is 77.2 Å². The lowest BCUT2D eigenvalue weighted by molar-refractivity contribution is -0.118. The summed E-state index contributed by atoms with van der Waals surface area (Å²) in [6.45, 7) is 6.47.